The van der Waals surface area contributed by atoms with E-state index in [-0.39, 0.29) is 18.8 Å². The number of benzene rings is 1. The molecule has 1 N–H and O–H groups in total. The minimum absolute atomic E-state index is 0.134. The average molecular weight is 463 g/mol. The Morgan fingerprint density at radius 2 is 1.82 bits per heavy atom. The van der Waals surface area contributed by atoms with Crippen molar-refractivity contribution >= 4 is 23.5 Å². The number of rotatable bonds is 2. The highest BCUT2D eigenvalue weighted by Gasteiger charge is 2.48. The summed E-state index contributed by atoms with van der Waals surface area (Å²) in [6.07, 6.45) is 4.70. The molecular weight excluding hydrogens is 439 g/mol. The molecule has 1 saturated heterocycles. The largest absolute Gasteiger partial charge is 0.447 e. The molecule has 0 radical (unpaired) electrons. The Kier molecular flexibility index (Phi) is 4.84. The lowest BCUT2D eigenvalue weighted by molar-refractivity contribution is 0.119. The molecule has 176 valence electrons. The number of anilines is 2. The van der Waals surface area contributed by atoms with Crippen LogP contribution in [0.4, 0.5) is 34.1 Å². The Labute approximate surface area is 188 Å². The first-order valence-electron chi connectivity index (χ1n) is 10.9. The number of fused-ring (bicyclic) bond motifs is 2. The minimum Gasteiger partial charge on any atom is -0.447 e. The van der Waals surface area contributed by atoms with E-state index >= 15 is 0 Å². The number of carbonyl (C=O) groups is 2. The van der Waals surface area contributed by atoms with E-state index in [0.29, 0.717) is 17.9 Å². The summed E-state index contributed by atoms with van der Waals surface area (Å²) in [6, 6.07) is 0.905. The van der Waals surface area contributed by atoms with Crippen molar-refractivity contribution in [3.8, 4) is 0 Å². The zero-order chi connectivity index (χ0) is 23.5. The van der Waals surface area contributed by atoms with Crippen LogP contribution < -0.4 is 10.2 Å². The van der Waals surface area contributed by atoms with Crippen molar-refractivity contribution in [2.24, 2.45) is 0 Å². The summed E-state index contributed by atoms with van der Waals surface area (Å²) >= 11 is 0. The number of cyclic esters (lactones) is 1. The molecule has 3 amide bonds. The van der Waals surface area contributed by atoms with Crippen molar-refractivity contribution in [3.05, 3.63) is 41.5 Å². The van der Waals surface area contributed by atoms with E-state index in [1.807, 2.05) is 18.5 Å². The fraction of sp³-hybridized carbons (Fsp3) is 0.500. The van der Waals surface area contributed by atoms with Crippen molar-refractivity contribution in [1.82, 2.24) is 14.7 Å². The van der Waals surface area contributed by atoms with Gasteiger partial charge in [-0.15, -0.1) is 0 Å². The minimum atomic E-state index is -1.59. The van der Waals surface area contributed by atoms with Gasteiger partial charge in [-0.1, -0.05) is 12.8 Å². The summed E-state index contributed by atoms with van der Waals surface area (Å²) in [4.78, 5) is 28.7. The van der Waals surface area contributed by atoms with Crippen LogP contribution in [0.3, 0.4) is 0 Å². The molecule has 0 unspecified atom stereocenters. The lowest BCUT2D eigenvalue weighted by Gasteiger charge is -2.42. The van der Waals surface area contributed by atoms with Gasteiger partial charge in [0.05, 0.1) is 35.2 Å². The van der Waals surface area contributed by atoms with Gasteiger partial charge >= 0.3 is 12.1 Å². The predicted molar refractivity (Wildman–Crippen MR) is 112 cm³/mol. The molecule has 1 aromatic carbocycles. The maximum absolute atomic E-state index is 13.6. The third kappa shape index (κ3) is 3.41. The number of nitrogens with zero attached hydrogens (tertiary/aromatic N) is 4. The standard InChI is InChI=1S/C22H24F3N5O3/c1-21(2)12-33-20(32)29(21)16-9-26-30-17(16)10-28(11-22(30)5-3-4-6-22)19(31)27-13-7-14(23)18(25)15(24)8-13/h7-9H,3-6,10-12H2,1-2H3,(H,27,31). The third-order valence-electron chi connectivity index (χ3n) is 6.76. The number of amides is 3. The molecule has 3 aliphatic rings. The van der Waals surface area contributed by atoms with E-state index < -0.39 is 40.7 Å². The Morgan fingerprint density at radius 1 is 1.15 bits per heavy atom. The maximum Gasteiger partial charge on any atom is 0.415 e. The van der Waals surface area contributed by atoms with Crippen LogP contribution in [-0.4, -0.2) is 45.5 Å². The van der Waals surface area contributed by atoms with E-state index in [2.05, 4.69) is 10.4 Å². The van der Waals surface area contributed by atoms with Gasteiger partial charge in [0, 0.05) is 24.4 Å². The summed E-state index contributed by atoms with van der Waals surface area (Å²) in [5.41, 5.74) is 0.0704. The van der Waals surface area contributed by atoms with Crippen LogP contribution in [0, 0.1) is 17.5 Å². The Morgan fingerprint density at radius 3 is 2.42 bits per heavy atom. The second-order valence-corrected chi connectivity index (χ2v) is 9.56. The molecule has 0 atom stereocenters. The number of aromatic nitrogens is 2. The normalized spacial score (nSPS) is 20.8. The third-order valence-corrected chi connectivity index (χ3v) is 6.76. The van der Waals surface area contributed by atoms with Crippen LogP contribution >= 0.6 is 0 Å². The summed E-state index contributed by atoms with van der Waals surface area (Å²) < 4.78 is 47.7. The number of hydrogen-bond donors (Lipinski definition) is 1. The highest BCUT2D eigenvalue weighted by molar-refractivity contribution is 5.93. The smallest absolute Gasteiger partial charge is 0.415 e. The van der Waals surface area contributed by atoms with Gasteiger partial charge in [0.25, 0.3) is 0 Å². The second-order valence-electron chi connectivity index (χ2n) is 9.56. The summed E-state index contributed by atoms with van der Waals surface area (Å²) in [5, 5.41) is 7.08. The van der Waals surface area contributed by atoms with E-state index in [9.17, 15) is 22.8 Å². The Bertz CT molecular complexity index is 1120. The lowest BCUT2D eigenvalue weighted by Crippen LogP contribution is -2.53. The number of ether oxygens (including phenoxy) is 1. The number of urea groups is 1. The molecule has 2 fully saturated rings. The molecular formula is C22H24F3N5O3. The number of nitrogens with one attached hydrogen (secondary N) is 1. The van der Waals surface area contributed by atoms with E-state index in [0.717, 1.165) is 37.8 Å². The van der Waals surface area contributed by atoms with Gasteiger partial charge in [-0.3, -0.25) is 9.58 Å². The molecule has 8 nitrogen and oxygen atoms in total. The van der Waals surface area contributed by atoms with E-state index in [1.165, 1.54) is 0 Å². The van der Waals surface area contributed by atoms with Crippen LogP contribution in [0.1, 0.15) is 45.2 Å². The molecule has 2 aromatic rings. The molecule has 2 aliphatic heterocycles. The molecule has 1 aliphatic carbocycles. The molecule has 1 saturated carbocycles. The molecule has 1 spiro atoms. The lowest BCUT2D eigenvalue weighted by atomic mass is 9.94. The van der Waals surface area contributed by atoms with Crippen LogP contribution in [0.2, 0.25) is 0 Å². The topological polar surface area (TPSA) is 79.7 Å². The number of hydrogen-bond acceptors (Lipinski definition) is 4. The highest BCUT2D eigenvalue weighted by Crippen LogP contribution is 2.44. The maximum atomic E-state index is 13.6. The van der Waals surface area contributed by atoms with Crippen LogP contribution in [0.15, 0.2) is 18.3 Å². The average Bonchev–Trinajstić information content (AvgIpc) is 3.45. The quantitative estimate of drug-likeness (QED) is 0.672. The van der Waals surface area contributed by atoms with Crippen molar-refractivity contribution in [2.45, 2.75) is 57.2 Å². The summed E-state index contributed by atoms with van der Waals surface area (Å²) in [7, 11) is 0. The first kappa shape index (κ1) is 21.6. The van der Waals surface area contributed by atoms with Gasteiger partial charge in [0.1, 0.15) is 6.61 Å². The Hall–Kier alpha value is -3.24. The van der Waals surface area contributed by atoms with Gasteiger partial charge in [-0.25, -0.2) is 22.8 Å². The van der Waals surface area contributed by atoms with Gasteiger partial charge in [-0.2, -0.15) is 5.10 Å². The van der Waals surface area contributed by atoms with Crippen LogP contribution in [0.25, 0.3) is 0 Å². The van der Waals surface area contributed by atoms with Crippen molar-refractivity contribution in [3.63, 3.8) is 0 Å². The molecule has 1 aromatic heterocycles. The first-order valence-corrected chi connectivity index (χ1v) is 10.9. The zero-order valence-electron chi connectivity index (χ0n) is 18.3. The fourth-order valence-corrected chi connectivity index (χ4v) is 5.18. The first-order chi connectivity index (χ1) is 15.6. The zero-order valence-corrected chi connectivity index (χ0v) is 18.3. The van der Waals surface area contributed by atoms with Gasteiger partial charge in [0.15, 0.2) is 17.5 Å². The van der Waals surface area contributed by atoms with Gasteiger partial charge in [0.2, 0.25) is 0 Å². The van der Waals surface area contributed by atoms with Crippen molar-refractivity contribution in [2.75, 3.05) is 23.4 Å². The summed E-state index contributed by atoms with van der Waals surface area (Å²) in [6.45, 7) is 4.49. The fourth-order valence-electron chi connectivity index (χ4n) is 5.18. The van der Waals surface area contributed by atoms with Gasteiger partial charge < -0.3 is 15.0 Å². The highest BCUT2D eigenvalue weighted by atomic mass is 19.2. The molecule has 3 heterocycles. The number of halogens is 3. The monoisotopic (exact) mass is 463 g/mol. The molecule has 0 bridgehead atoms. The second kappa shape index (κ2) is 7.39. The van der Waals surface area contributed by atoms with E-state index in [4.69, 9.17) is 4.74 Å². The predicted octanol–water partition coefficient (Wildman–Crippen LogP) is 4.35. The van der Waals surface area contributed by atoms with E-state index in [1.54, 1.807) is 16.0 Å². The van der Waals surface area contributed by atoms with Crippen molar-refractivity contribution in [1.29, 1.82) is 0 Å². The molecule has 5 rings (SSSR count). The van der Waals surface area contributed by atoms with Crippen LogP contribution in [0.5, 0.6) is 0 Å². The van der Waals surface area contributed by atoms with Crippen molar-refractivity contribution < 1.29 is 27.5 Å². The Balaban J connectivity index is 1.49. The molecule has 33 heavy (non-hydrogen) atoms. The molecule has 11 heteroatoms. The van der Waals surface area contributed by atoms with Crippen LogP contribution in [-0.2, 0) is 16.8 Å². The SMILES string of the molecule is CC1(C)COC(=O)N1c1cnn2c1CN(C(=O)Nc1cc(F)c(F)c(F)c1)CC21CCCC1. The van der Waals surface area contributed by atoms with Gasteiger partial charge in [-0.05, 0) is 26.7 Å². The summed E-state index contributed by atoms with van der Waals surface area (Å²) in [5.74, 6) is -4.36. The number of carbonyl (C=O) groups excluding carboxylic acids is 2.